The Bertz CT molecular complexity index is 482. The number of amidine groups is 1. The summed E-state index contributed by atoms with van der Waals surface area (Å²) in [5, 5.41) is 14.2. The third-order valence-electron chi connectivity index (χ3n) is 1.91. The van der Waals surface area contributed by atoms with Crippen LogP contribution in [0, 0.1) is 10.1 Å². The van der Waals surface area contributed by atoms with Crippen LogP contribution < -0.4 is 5.43 Å². The van der Waals surface area contributed by atoms with Gasteiger partial charge >= 0.3 is 5.84 Å². The van der Waals surface area contributed by atoms with E-state index in [0.717, 1.165) is 5.56 Å². The molecule has 5 nitrogen and oxygen atoms in total. The number of benzene rings is 1. The number of fused-ring (bicyclic) bond motifs is 1. The van der Waals surface area contributed by atoms with E-state index in [9.17, 15) is 10.1 Å². The number of anilines is 1. The van der Waals surface area contributed by atoms with Gasteiger partial charge in [0.2, 0.25) is 0 Å². The third-order valence-corrected chi connectivity index (χ3v) is 2.19. The van der Waals surface area contributed by atoms with Crippen molar-refractivity contribution in [3.05, 3.63) is 45.0 Å². The molecule has 0 fully saturated rings. The van der Waals surface area contributed by atoms with E-state index in [2.05, 4.69) is 10.5 Å². The number of rotatable bonds is 0. The average Bonchev–Trinajstić information content (AvgIpc) is 2.35. The Morgan fingerprint density at radius 3 is 2.87 bits per heavy atom. The van der Waals surface area contributed by atoms with Crippen molar-refractivity contribution in [3.8, 4) is 0 Å². The molecule has 1 N–H and O–H groups in total. The fourth-order valence-electron chi connectivity index (χ4n) is 1.22. The van der Waals surface area contributed by atoms with E-state index in [1.807, 2.05) is 6.07 Å². The van der Waals surface area contributed by atoms with E-state index in [-0.39, 0.29) is 10.9 Å². The fraction of sp³-hybridized carbons (Fsp3) is 0. The number of halogens is 1. The van der Waals surface area contributed by atoms with Gasteiger partial charge in [0.05, 0.1) is 10.8 Å². The van der Waals surface area contributed by atoms with Gasteiger partial charge in [-0.3, -0.25) is 0 Å². The standard InChI is InChI=1S/C9H6ClN3O2/c10-7-5-6-3-1-2-4-8(6)11-12-9(7)13(14)15/h1-5,11H. The Balaban J connectivity index is 2.51. The zero-order valence-corrected chi connectivity index (χ0v) is 8.23. The number of nitrogens with zero attached hydrogens (tertiary/aromatic N) is 2. The summed E-state index contributed by atoms with van der Waals surface area (Å²) in [6.07, 6.45) is 1.51. The van der Waals surface area contributed by atoms with Gasteiger partial charge < -0.3 is 10.1 Å². The van der Waals surface area contributed by atoms with E-state index >= 15 is 0 Å². The molecule has 15 heavy (non-hydrogen) atoms. The molecule has 1 aromatic carbocycles. The van der Waals surface area contributed by atoms with Crippen LogP contribution in [0.15, 0.2) is 34.4 Å². The second-order valence-electron chi connectivity index (χ2n) is 2.88. The van der Waals surface area contributed by atoms with Gasteiger partial charge in [-0.2, -0.15) is 5.43 Å². The number of hydrogen-bond acceptors (Lipinski definition) is 4. The molecule has 2 rings (SSSR count). The Morgan fingerprint density at radius 1 is 1.40 bits per heavy atom. The lowest BCUT2D eigenvalue weighted by molar-refractivity contribution is -0.348. The number of nitrogens with one attached hydrogen (secondary N) is 1. The number of nitro groups is 1. The first kappa shape index (κ1) is 9.67. The highest BCUT2D eigenvalue weighted by Gasteiger charge is 2.21. The molecule has 1 aliphatic heterocycles. The molecule has 0 saturated carbocycles. The lowest BCUT2D eigenvalue weighted by Gasteiger charge is -1.97. The predicted molar refractivity (Wildman–Crippen MR) is 58.3 cm³/mol. The van der Waals surface area contributed by atoms with Gasteiger partial charge in [0.15, 0.2) is 0 Å². The van der Waals surface area contributed by atoms with Gasteiger partial charge in [0.25, 0.3) is 0 Å². The molecular formula is C9H6ClN3O2. The zero-order chi connectivity index (χ0) is 10.8. The Hall–Kier alpha value is -1.88. The van der Waals surface area contributed by atoms with E-state index < -0.39 is 4.92 Å². The van der Waals surface area contributed by atoms with Gasteiger partial charge in [-0.1, -0.05) is 29.8 Å². The summed E-state index contributed by atoms with van der Waals surface area (Å²) in [4.78, 5) is 9.95. The Morgan fingerprint density at radius 2 is 2.13 bits per heavy atom. The normalized spacial score (nSPS) is 14.2. The van der Waals surface area contributed by atoms with Crippen LogP contribution >= 0.6 is 11.6 Å². The van der Waals surface area contributed by atoms with Crippen LogP contribution in [-0.4, -0.2) is 10.8 Å². The maximum Gasteiger partial charge on any atom is 0.406 e. The van der Waals surface area contributed by atoms with Crippen molar-refractivity contribution in [1.29, 1.82) is 0 Å². The summed E-state index contributed by atoms with van der Waals surface area (Å²) in [6.45, 7) is 0. The van der Waals surface area contributed by atoms with Crippen molar-refractivity contribution >= 4 is 29.2 Å². The maximum atomic E-state index is 10.6. The van der Waals surface area contributed by atoms with Crippen molar-refractivity contribution < 1.29 is 4.92 Å². The molecule has 1 aromatic rings. The van der Waals surface area contributed by atoms with Gasteiger partial charge in [-0.15, -0.1) is 0 Å². The first-order chi connectivity index (χ1) is 7.18. The number of hydrazone groups is 1. The van der Waals surface area contributed by atoms with Crippen LogP contribution in [0.3, 0.4) is 0 Å². The van der Waals surface area contributed by atoms with Gasteiger partial charge in [-0.25, -0.2) is 0 Å². The lowest BCUT2D eigenvalue weighted by Crippen LogP contribution is -2.12. The van der Waals surface area contributed by atoms with E-state index in [1.165, 1.54) is 6.08 Å². The van der Waals surface area contributed by atoms with Crippen LogP contribution in [0.4, 0.5) is 5.69 Å². The van der Waals surface area contributed by atoms with Gasteiger partial charge in [-0.05, 0) is 17.1 Å². The molecule has 76 valence electrons. The molecule has 0 saturated heterocycles. The Kier molecular flexibility index (Phi) is 2.39. The molecule has 0 bridgehead atoms. The molecule has 0 amide bonds. The minimum Gasteiger partial charge on any atom is -0.358 e. The molecule has 0 atom stereocenters. The molecule has 0 spiro atoms. The largest absolute Gasteiger partial charge is 0.406 e. The molecule has 0 aromatic heterocycles. The first-order valence-electron chi connectivity index (χ1n) is 4.13. The molecular weight excluding hydrogens is 218 g/mol. The topological polar surface area (TPSA) is 67.5 Å². The van der Waals surface area contributed by atoms with Crippen molar-refractivity contribution in [3.63, 3.8) is 0 Å². The van der Waals surface area contributed by atoms with E-state index in [0.29, 0.717) is 5.69 Å². The summed E-state index contributed by atoms with van der Waals surface area (Å²) < 4.78 is 0. The lowest BCUT2D eigenvalue weighted by atomic mass is 10.1. The number of hydrogen-bond donors (Lipinski definition) is 1. The minimum absolute atomic E-state index is 0.0115. The van der Waals surface area contributed by atoms with Crippen molar-refractivity contribution in [1.82, 2.24) is 0 Å². The molecule has 0 radical (unpaired) electrons. The van der Waals surface area contributed by atoms with Gasteiger partial charge in [0.1, 0.15) is 5.03 Å². The van der Waals surface area contributed by atoms with Crippen LogP contribution in [-0.2, 0) is 0 Å². The third kappa shape index (κ3) is 1.82. The van der Waals surface area contributed by atoms with Crippen molar-refractivity contribution in [2.45, 2.75) is 0 Å². The van der Waals surface area contributed by atoms with Crippen molar-refractivity contribution in [2.75, 3.05) is 5.43 Å². The molecule has 1 heterocycles. The molecule has 6 heteroatoms. The van der Waals surface area contributed by atoms with Crippen LogP contribution in [0.25, 0.3) is 6.08 Å². The average molecular weight is 224 g/mol. The summed E-state index contributed by atoms with van der Waals surface area (Å²) in [7, 11) is 0. The molecule has 0 unspecified atom stereocenters. The number of para-hydroxylation sites is 1. The minimum atomic E-state index is -0.627. The fourth-order valence-corrected chi connectivity index (χ4v) is 1.45. The molecule has 1 aliphatic rings. The second-order valence-corrected chi connectivity index (χ2v) is 3.29. The zero-order valence-electron chi connectivity index (χ0n) is 7.48. The maximum absolute atomic E-state index is 10.6. The summed E-state index contributed by atoms with van der Waals surface area (Å²) in [5.74, 6) is -0.382. The highest BCUT2D eigenvalue weighted by molar-refractivity contribution is 6.44. The van der Waals surface area contributed by atoms with Crippen LogP contribution in [0.2, 0.25) is 0 Å². The van der Waals surface area contributed by atoms with Crippen LogP contribution in [0.1, 0.15) is 5.56 Å². The monoisotopic (exact) mass is 223 g/mol. The van der Waals surface area contributed by atoms with Crippen LogP contribution in [0.5, 0.6) is 0 Å². The SMILES string of the molecule is O=[N+]([O-])C1=NNc2ccccc2C=C1Cl. The smallest absolute Gasteiger partial charge is 0.358 e. The highest BCUT2D eigenvalue weighted by Crippen LogP contribution is 2.23. The molecule has 0 aliphatic carbocycles. The highest BCUT2D eigenvalue weighted by atomic mass is 35.5. The first-order valence-corrected chi connectivity index (χ1v) is 4.51. The summed E-state index contributed by atoms with van der Waals surface area (Å²) >= 11 is 5.76. The van der Waals surface area contributed by atoms with Gasteiger partial charge in [0, 0.05) is 5.56 Å². The second kappa shape index (κ2) is 3.70. The quantitative estimate of drug-likeness (QED) is 0.542. The Labute approximate surface area is 90.2 Å². The summed E-state index contributed by atoms with van der Waals surface area (Å²) in [5.41, 5.74) is 4.05. The summed E-state index contributed by atoms with van der Waals surface area (Å²) in [6, 6.07) is 7.18. The predicted octanol–water partition coefficient (Wildman–Crippen LogP) is 2.28. The van der Waals surface area contributed by atoms with Crippen molar-refractivity contribution in [2.24, 2.45) is 5.10 Å². The van der Waals surface area contributed by atoms with E-state index in [4.69, 9.17) is 11.6 Å². The van der Waals surface area contributed by atoms with E-state index in [1.54, 1.807) is 18.2 Å².